The number of aromatic nitrogens is 4. The van der Waals surface area contributed by atoms with Gasteiger partial charge < -0.3 is 5.32 Å². The molecule has 0 radical (unpaired) electrons. The van der Waals surface area contributed by atoms with E-state index in [1.165, 1.54) is 12.8 Å². The molecule has 6 heteroatoms. The minimum Gasteiger partial charge on any atom is -0.307 e. The van der Waals surface area contributed by atoms with Gasteiger partial charge in [0.05, 0.1) is 12.2 Å². The summed E-state index contributed by atoms with van der Waals surface area (Å²) in [7, 11) is 0. The standard InChI is InChI=1S/C12H14BrN5/c1-8-6-9(13)2-5-11(8)18-12(15-16-17-18)7-14-10-3-4-10/h2,5-6,10,14H,3-4,7H2,1H3. The van der Waals surface area contributed by atoms with Crippen LogP contribution in [0.3, 0.4) is 0 Å². The largest absolute Gasteiger partial charge is 0.307 e. The third kappa shape index (κ3) is 2.44. The fraction of sp³-hybridized carbons (Fsp3) is 0.417. The summed E-state index contributed by atoms with van der Waals surface area (Å²) in [5.74, 6) is 0.854. The lowest BCUT2D eigenvalue weighted by atomic mass is 10.2. The summed E-state index contributed by atoms with van der Waals surface area (Å²) >= 11 is 3.46. The van der Waals surface area contributed by atoms with Crippen LogP contribution < -0.4 is 5.32 Å². The summed E-state index contributed by atoms with van der Waals surface area (Å²) in [6.45, 7) is 2.77. The van der Waals surface area contributed by atoms with E-state index >= 15 is 0 Å². The van der Waals surface area contributed by atoms with Gasteiger partial charge in [-0.15, -0.1) is 5.10 Å². The number of nitrogens with zero attached hydrogens (tertiary/aromatic N) is 4. The molecule has 0 aliphatic heterocycles. The smallest absolute Gasteiger partial charge is 0.170 e. The van der Waals surface area contributed by atoms with Gasteiger partial charge in [0.15, 0.2) is 5.82 Å². The van der Waals surface area contributed by atoms with Crippen LogP contribution in [0, 0.1) is 6.92 Å². The van der Waals surface area contributed by atoms with Crippen molar-refractivity contribution >= 4 is 15.9 Å². The number of rotatable bonds is 4. The molecular weight excluding hydrogens is 294 g/mol. The molecule has 0 atom stereocenters. The second kappa shape index (κ2) is 4.78. The summed E-state index contributed by atoms with van der Waals surface area (Å²) in [6.07, 6.45) is 2.53. The van der Waals surface area contributed by atoms with Crippen molar-refractivity contribution in [1.29, 1.82) is 0 Å². The van der Waals surface area contributed by atoms with E-state index in [9.17, 15) is 0 Å². The van der Waals surface area contributed by atoms with Gasteiger partial charge in [-0.1, -0.05) is 15.9 Å². The molecule has 1 fully saturated rings. The number of hydrogen-bond donors (Lipinski definition) is 1. The first-order valence-electron chi connectivity index (χ1n) is 6.01. The Kier molecular flexibility index (Phi) is 3.13. The van der Waals surface area contributed by atoms with Gasteiger partial charge in [-0.2, -0.15) is 4.68 Å². The van der Waals surface area contributed by atoms with Gasteiger partial charge in [0.2, 0.25) is 0 Å². The fourth-order valence-corrected chi connectivity index (χ4v) is 2.36. The molecule has 0 amide bonds. The highest BCUT2D eigenvalue weighted by Crippen LogP contribution is 2.21. The molecule has 1 aliphatic carbocycles. The first-order chi connectivity index (χ1) is 8.74. The Morgan fingerprint density at radius 1 is 1.44 bits per heavy atom. The van der Waals surface area contributed by atoms with E-state index in [4.69, 9.17) is 0 Å². The third-order valence-corrected chi connectivity index (χ3v) is 3.54. The molecule has 1 aromatic heterocycles. The minimum absolute atomic E-state index is 0.654. The Hall–Kier alpha value is -1.27. The van der Waals surface area contributed by atoms with E-state index in [0.29, 0.717) is 12.6 Å². The Morgan fingerprint density at radius 3 is 3.00 bits per heavy atom. The topological polar surface area (TPSA) is 55.6 Å². The first kappa shape index (κ1) is 11.8. The van der Waals surface area contributed by atoms with Crippen molar-refractivity contribution in [3.05, 3.63) is 34.1 Å². The van der Waals surface area contributed by atoms with Crippen LogP contribution in [0.1, 0.15) is 24.2 Å². The highest BCUT2D eigenvalue weighted by atomic mass is 79.9. The number of tetrazole rings is 1. The van der Waals surface area contributed by atoms with E-state index in [1.54, 1.807) is 4.68 Å². The third-order valence-electron chi connectivity index (χ3n) is 3.05. The highest BCUT2D eigenvalue weighted by Gasteiger charge is 2.21. The van der Waals surface area contributed by atoms with Crippen molar-refractivity contribution < 1.29 is 0 Å². The minimum atomic E-state index is 0.654. The maximum Gasteiger partial charge on any atom is 0.170 e. The number of halogens is 1. The SMILES string of the molecule is Cc1cc(Br)ccc1-n1nnnc1CNC1CC1. The number of hydrogen-bond acceptors (Lipinski definition) is 4. The average Bonchev–Trinajstić information content (AvgIpc) is 3.06. The van der Waals surface area contributed by atoms with Crippen molar-refractivity contribution in [3.8, 4) is 5.69 Å². The summed E-state index contributed by atoms with van der Waals surface area (Å²) in [6, 6.07) is 6.74. The Bertz CT molecular complexity index is 561. The molecule has 1 heterocycles. The van der Waals surface area contributed by atoms with Crippen LogP contribution in [0.25, 0.3) is 5.69 Å². The average molecular weight is 308 g/mol. The normalized spacial score (nSPS) is 15.0. The molecule has 1 saturated carbocycles. The van der Waals surface area contributed by atoms with Gasteiger partial charge in [0.25, 0.3) is 0 Å². The molecule has 5 nitrogen and oxygen atoms in total. The molecule has 0 saturated heterocycles. The van der Waals surface area contributed by atoms with Crippen molar-refractivity contribution in [3.63, 3.8) is 0 Å². The molecule has 0 bridgehead atoms. The van der Waals surface area contributed by atoms with Crippen molar-refractivity contribution in [1.82, 2.24) is 25.5 Å². The summed E-state index contributed by atoms with van der Waals surface area (Å²) in [4.78, 5) is 0. The summed E-state index contributed by atoms with van der Waals surface area (Å²) in [5.41, 5.74) is 2.17. The maximum atomic E-state index is 4.08. The summed E-state index contributed by atoms with van der Waals surface area (Å²) < 4.78 is 2.87. The van der Waals surface area contributed by atoms with Crippen LogP contribution in [0.2, 0.25) is 0 Å². The molecule has 94 valence electrons. The van der Waals surface area contributed by atoms with E-state index < -0.39 is 0 Å². The van der Waals surface area contributed by atoms with E-state index in [-0.39, 0.29) is 0 Å². The van der Waals surface area contributed by atoms with Crippen LogP contribution >= 0.6 is 15.9 Å². The molecule has 3 rings (SSSR count). The Labute approximate surface area is 114 Å². The van der Waals surface area contributed by atoms with E-state index in [0.717, 1.165) is 21.5 Å². The summed E-state index contributed by atoms with van der Waals surface area (Å²) in [5, 5.41) is 15.4. The molecule has 1 aliphatic rings. The number of benzene rings is 1. The predicted molar refractivity (Wildman–Crippen MR) is 71.5 cm³/mol. The lowest BCUT2D eigenvalue weighted by Crippen LogP contribution is -2.19. The maximum absolute atomic E-state index is 4.08. The molecular formula is C12H14BrN5. The lowest BCUT2D eigenvalue weighted by molar-refractivity contribution is 0.637. The quantitative estimate of drug-likeness (QED) is 0.938. The first-order valence-corrected chi connectivity index (χ1v) is 6.80. The fourth-order valence-electron chi connectivity index (χ4n) is 1.88. The van der Waals surface area contributed by atoms with Gasteiger partial charge in [-0.3, -0.25) is 0 Å². The van der Waals surface area contributed by atoms with Crippen LogP contribution in [0.5, 0.6) is 0 Å². The van der Waals surface area contributed by atoms with Gasteiger partial charge >= 0.3 is 0 Å². The van der Waals surface area contributed by atoms with Crippen molar-refractivity contribution in [2.75, 3.05) is 0 Å². The molecule has 0 unspecified atom stereocenters. The second-order valence-corrected chi connectivity index (χ2v) is 5.51. The predicted octanol–water partition coefficient (Wildman–Crippen LogP) is 1.99. The Morgan fingerprint density at radius 2 is 2.28 bits per heavy atom. The Balaban J connectivity index is 1.88. The van der Waals surface area contributed by atoms with Crippen LogP contribution in [-0.4, -0.2) is 26.2 Å². The zero-order valence-electron chi connectivity index (χ0n) is 10.1. The van der Waals surface area contributed by atoms with Gasteiger partial charge in [-0.25, -0.2) is 0 Å². The van der Waals surface area contributed by atoms with E-state index in [1.807, 2.05) is 12.1 Å². The van der Waals surface area contributed by atoms with Crippen molar-refractivity contribution in [2.45, 2.75) is 32.4 Å². The van der Waals surface area contributed by atoms with E-state index in [2.05, 4.69) is 49.8 Å². The lowest BCUT2D eigenvalue weighted by Gasteiger charge is -2.08. The monoisotopic (exact) mass is 307 g/mol. The van der Waals surface area contributed by atoms with Crippen molar-refractivity contribution in [2.24, 2.45) is 0 Å². The molecule has 18 heavy (non-hydrogen) atoms. The van der Waals surface area contributed by atoms with Gasteiger partial charge in [-0.05, 0) is 54.0 Å². The highest BCUT2D eigenvalue weighted by molar-refractivity contribution is 9.10. The zero-order chi connectivity index (χ0) is 12.5. The zero-order valence-corrected chi connectivity index (χ0v) is 11.7. The molecule has 1 N–H and O–H groups in total. The van der Waals surface area contributed by atoms with Crippen LogP contribution in [-0.2, 0) is 6.54 Å². The van der Waals surface area contributed by atoms with Gasteiger partial charge in [0.1, 0.15) is 0 Å². The second-order valence-electron chi connectivity index (χ2n) is 4.59. The number of aryl methyl sites for hydroxylation is 1. The number of nitrogens with one attached hydrogen (secondary N) is 1. The molecule has 0 spiro atoms. The molecule has 1 aromatic carbocycles. The van der Waals surface area contributed by atoms with Crippen LogP contribution in [0.15, 0.2) is 22.7 Å². The molecule has 2 aromatic rings. The van der Waals surface area contributed by atoms with Gasteiger partial charge in [0, 0.05) is 10.5 Å². The van der Waals surface area contributed by atoms with Crippen LogP contribution in [0.4, 0.5) is 0 Å².